The van der Waals surface area contributed by atoms with Gasteiger partial charge in [-0.3, -0.25) is 4.72 Å². The molecule has 10 heteroatoms. The second kappa shape index (κ2) is 5.58. The average molecular weight is 342 g/mol. The van der Waals surface area contributed by atoms with Gasteiger partial charge in [-0.2, -0.15) is 0 Å². The molecule has 20 heavy (non-hydrogen) atoms. The van der Waals surface area contributed by atoms with Crippen LogP contribution in [0.5, 0.6) is 0 Å². The number of sulfonamides is 1. The maximum Gasteiger partial charge on any atom is 0.339 e. The van der Waals surface area contributed by atoms with Crippen LogP contribution < -0.4 is 4.72 Å². The summed E-state index contributed by atoms with van der Waals surface area (Å²) in [5.41, 5.74) is -0.244. The molecule has 0 spiro atoms. The Balaban J connectivity index is 3.64. The van der Waals surface area contributed by atoms with E-state index in [-0.39, 0.29) is 16.8 Å². The molecule has 0 saturated heterocycles. The number of anilines is 1. The van der Waals surface area contributed by atoms with Crippen LogP contribution in [0.2, 0.25) is 0 Å². The molecule has 0 aliphatic heterocycles. The van der Waals surface area contributed by atoms with Crippen molar-refractivity contribution in [3.05, 3.63) is 23.3 Å². The van der Waals surface area contributed by atoms with Crippen LogP contribution >= 0.6 is 10.7 Å². The van der Waals surface area contributed by atoms with Gasteiger partial charge in [0.1, 0.15) is 4.90 Å². The minimum atomic E-state index is -4.26. The molecule has 0 unspecified atom stereocenters. The van der Waals surface area contributed by atoms with Crippen LogP contribution in [-0.4, -0.2) is 36.2 Å². The number of halogens is 1. The smallest absolute Gasteiger partial charge is 0.339 e. The number of hydrogen-bond acceptors (Lipinski definition) is 6. The Morgan fingerprint density at radius 1 is 1.25 bits per heavy atom. The first-order valence-electron chi connectivity index (χ1n) is 5.11. The van der Waals surface area contributed by atoms with E-state index in [9.17, 15) is 21.6 Å². The summed E-state index contributed by atoms with van der Waals surface area (Å²) >= 11 is 0. The zero-order valence-corrected chi connectivity index (χ0v) is 13.2. The highest BCUT2D eigenvalue weighted by Crippen LogP contribution is 2.30. The van der Waals surface area contributed by atoms with Crippen molar-refractivity contribution in [1.29, 1.82) is 0 Å². The fourth-order valence-corrected chi connectivity index (χ4v) is 3.69. The van der Waals surface area contributed by atoms with E-state index in [1.165, 1.54) is 13.0 Å². The Bertz CT molecular complexity index is 754. The molecule has 0 fully saturated rings. The minimum Gasteiger partial charge on any atom is -0.465 e. The predicted octanol–water partition coefficient (Wildman–Crippen LogP) is 1.08. The lowest BCUT2D eigenvalue weighted by Gasteiger charge is -2.13. The molecule has 1 aromatic rings. The Hall–Kier alpha value is -1.32. The van der Waals surface area contributed by atoms with Crippen molar-refractivity contribution < 1.29 is 26.4 Å². The number of esters is 1. The molecule has 7 nitrogen and oxygen atoms in total. The molecule has 0 heterocycles. The van der Waals surface area contributed by atoms with Crippen LogP contribution in [0, 0.1) is 6.92 Å². The number of carbonyl (C=O) groups is 1. The lowest BCUT2D eigenvalue weighted by molar-refractivity contribution is 0.0596. The van der Waals surface area contributed by atoms with Crippen LogP contribution in [0.15, 0.2) is 17.0 Å². The van der Waals surface area contributed by atoms with Crippen LogP contribution in [0.25, 0.3) is 0 Å². The molecular formula is C10H12ClNO6S2. The van der Waals surface area contributed by atoms with E-state index in [1.54, 1.807) is 0 Å². The van der Waals surface area contributed by atoms with Gasteiger partial charge in [-0.05, 0) is 24.6 Å². The SMILES string of the molecule is COC(=O)c1ccc(NS(C)(=O)=O)c(C)c1S(=O)(=O)Cl. The van der Waals surface area contributed by atoms with Gasteiger partial charge < -0.3 is 4.74 Å². The maximum absolute atomic E-state index is 11.6. The van der Waals surface area contributed by atoms with Crippen molar-refractivity contribution in [2.75, 3.05) is 18.1 Å². The van der Waals surface area contributed by atoms with E-state index in [2.05, 4.69) is 9.46 Å². The van der Waals surface area contributed by atoms with Gasteiger partial charge in [-0.1, -0.05) is 0 Å². The quantitative estimate of drug-likeness (QED) is 0.648. The Morgan fingerprint density at radius 3 is 2.20 bits per heavy atom. The van der Waals surface area contributed by atoms with E-state index in [4.69, 9.17) is 10.7 Å². The molecule has 1 aromatic carbocycles. The topological polar surface area (TPSA) is 107 Å². The summed E-state index contributed by atoms with van der Waals surface area (Å²) in [6, 6.07) is 2.38. The summed E-state index contributed by atoms with van der Waals surface area (Å²) in [6.07, 6.45) is 0.912. The fraction of sp³-hybridized carbons (Fsp3) is 0.300. The molecule has 112 valence electrons. The largest absolute Gasteiger partial charge is 0.465 e. The van der Waals surface area contributed by atoms with Crippen LogP contribution in [0.4, 0.5) is 5.69 Å². The Morgan fingerprint density at radius 2 is 1.80 bits per heavy atom. The zero-order valence-electron chi connectivity index (χ0n) is 10.8. The number of hydrogen-bond donors (Lipinski definition) is 1. The molecule has 1 rings (SSSR count). The lowest BCUT2D eigenvalue weighted by atomic mass is 10.1. The summed E-state index contributed by atoms with van der Waals surface area (Å²) in [6.45, 7) is 1.33. The van der Waals surface area contributed by atoms with Crippen LogP contribution in [0.1, 0.15) is 15.9 Å². The van der Waals surface area contributed by atoms with Crippen molar-refractivity contribution in [2.24, 2.45) is 0 Å². The van der Waals surface area contributed by atoms with Gasteiger partial charge in [0, 0.05) is 10.7 Å². The van der Waals surface area contributed by atoms with E-state index in [0.717, 1.165) is 19.4 Å². The van der Waals surface area contributed by atoms with E-state index < -0.39 is 29.9 Å². The van der Waals surface area contributed by atoms with Gasteiger partial charge >= 0.3 is 5.97 Å². The van der Waals surface area contributed by atoms with Crippen LogP contribution in [-0.2, 0) is 23.8 Å². The van der Waals surface area contributed by atoms with Gasteiger partial charge in [0.25, 0.3) is 9.05 Å². The highest BCUT2D eigenvalue weighted by Gasteiger charge is 2.26. The third-order valence-corrected chi connectivity index (χ3v) is 4.42. The second-order valence-corrected chi connectivity index (χ2v) is 8.17. The highest BCUT2D eigenvalue weighted by atomic mass is 35.7. The molecule has 0 aliphatic carbocycles. The van der Waals surface area contributed by atoms with Crippen molar-refractivity contribution in [2.45, 2.75) is 11.8 Å². The summed E-state index contributed by atoms with van der Waals surface area (Å²) in [5, 5.41) is 0. The number of ether oxygens (including phenoxy) is 1. The minimum absolute atomic E-state index is 0.00771. The third-order valence-electron chi connectivity index (χ3n) is 2.35. The summed E-state index contributed by atoms with van der Waals surface area (Å²) in [4.78, 5) is 11.1. The maximum atomic E-state index is 11.6. The first kappa shape index (κ1) is 16.7. The molecule has 0 aromatic heterocycles. The van der Waals surface area contributed by atoms with Gasteiger partial charge in [-0.25, -0.2) is 21.6 Å². The fourth-order valence-electron chi connectivity index (χ4n) is 1.59. The number of rotatable bonds is 4. The van der Waals surface area contributed by atoms with Crippen molar-refractivity contribution >= 4 is 41.4 Å². The summed E-state index contributed by atoms with van der Waals surface area (Å²) in [7, 11) is -1.48. The Labute approximate surface area is 121 Å². The van der Waals surface area contributed by atoms with Crippen molar-refractivity contribution in [1.82, 2.24) is 0 Å². The highest BCUT2D eigenvalue weighted by molar-refractivity contribution is 8.13. The molecular weight excluding hydrogens is 330 g/mol. The zero-order chi connectivity index (χ0) is 15.7. The predicted molar refractivity (Wildman–Crippen MR) is 74.0 cm³/mol. The number of carbonyl (C=O) groups excluding carboxylic acids is 1. The molecule has 0 amide bonds. The number of methoxy groups -OCH3 is 1. The summed E-state index contributed by atoms with van der Waals surface area (Å²) in [5.74, 6) is -0.891. The molecule has 0 radical (unpaired) electrons. The normalized spacial score (nSPS) is 12.0. The van der Waals surface area contributed by atoms with Crippen molar-refractivity contribution in [3.8, 4) is 0 Å². The molecule has 0 bridgehead atoms. The molecule has 0 atom stereocenters. The first-order valence-corrected chi connectivity index (χ1v) is 9.32. The van der Waals surface area contributed by atoms with Gasteiger partial charge in [0.2, 0.25) is 10.0 Å². The third kappa shape index (κ3) is 3.84. The number of benzene rings is 1. The van der Waals surface area contributed by atoms with Gasteiger partial charge in [0.15, 0.2) is 0 Å². The van der Waals surface area contributed by atoms with Gasteiger partial charge in [-0.15, -0.1) is 0 Å². The average Bonchev–Trinajstić information content (AvgIpc) is 2.27. The number of nitrogens with one attached hydrogen (secondary N) is 1. The van der Waals surface area contributed by atoms with Crippen molar-refractivity contribution in [3.63, 3.8) is 0 Å². The molecule has 1 N–H and O–H groups in total. The lowest BCUT2D eigenvalue weighted by Crippen LogP contribution is -2.14. The van der Waals surface area contributed by atoms with Gasteiger partial charge in [0.05, 0.1) is 24.6 Å². The second-order valence-electron chi connectivity index (χ2n) is 3.92. The monoisotopic (exact) mass is 341 g/mol. The van der Waals surface area contributed by atoms with E-state index in [1.807, 2.05) is 0 Å². The van der Waals surface area contributed by atoms with E-state index in [0.29, 0.717) is 0 Å². The van der Waals surface area contributed by atoms with E-state index >= 15 is 0 Å². The first-order chi connectivity index (χ1) is 8.97. The molecule has 0 aliphatic rings. The van der Waals surface area contributed by atoms with Crippen LogP contribution in [0.3, 0.4) is 0 Å². The Kier molecular flexibility index (Phi) is 4.67. The summed E-state index contributed by atoms with van der Waals surface area (Å²) < 4.78 is 52.2. The standard InChI is InChI=1S/C10H12ClNO6S2/c1-6-8(12-19(3,14)15)5-4-7(10(13)18-2)9(6)20(11,16)17/h4-5,12H,1-3H3. The molecule has 0 saturated carbocycles.